The fraction of sp³-hybridized carbons (Fsp3) is 0.455. The third kappa shape index (κ3) is 2.29. The molecule has 0 bridgehead atoms. The molecule has 1 aromatic carbocycles. The van der Waals surface area contributed by atoms with Gasteiger partial charge in [0.1, 0.15) is 0 Å². The first-order chi connectivity index (χ1) is 7.59. The maximum atomic E-state index is 11.6. The zero-order valence-electron chi connectivity index (χ0n) is 9.02. The van der Waals surface area contributed by atoms with Gasteiger partial charge in [0, 0.05) is 6.54 Å². The zero-order chi connectivity index (χ0) is 11.6. The second-order valence-corrected chi connectivity index (χ2v) is 6.50. The number of nitrogens with one attached hydrogen (secondary N) is 1. The van der Waals surface area contributed by atoms with E-state index >= 15 is 0 Å². The first-order valence-corrected chi connectivity index (χ1v) is 7.11. The van der Waals surface area contributed by atoms with Crippen molar-refractivity contribution >= 4 is 21.2 Å². The van der Waals surface area contributed by atoms with Gasteiger partial charge in [0.05, 0.1) is 22.4 Å². The molecular weight excluding hydrogens is 224 g/mol. The number of rotatable bonds is 3. The molecule has 1 atom stereocenters. The van der Waals surface area contributed by atoms with Crippen molar-refractivity contribution in [2.75, 3.05) is 23.3 Å². The minimum absolute atomic E-state index is 0.257. The van der Waals surface area contributed by atoms with Crippen LogP contribution in [0.1, 0.15) is 12.8 Å². The first kappa shape index (κ1) is 11.3. The van der Waals surface area contributed by atoms with Gasteiger partial charge >= 0.3 is 0 Å². The second-order valence-electron chi connectivity index (χ2n) is 4.10. The lowest BCUT2D eigenvalue weighted by atomic mass is 10.2. The summed E-state index contributed by atoms with van der Waals surface area (Å²) in [5.74, 6) is 0.323. The largest absolute Gasteiger partial charge is 0.397 e. The van der Waals surface area contributed by atoms with Crippen LogP contribution >= 0.6 is 0 Å². The van der Waals surface area contributed by atoms with Gasteiger partial charge in [-0.05, 0) is 25.0 Å². The van der Waals surface area contributed by atoms with E-state index in [1.807, 2.05) is 18.2 Å². The van der Waals surface area contributed by atoms with Crippen molar-refractivity contribution in [3.63, 3.8) is 0 Å². The van der Waals surface area contributed by atoms with Crippen molar-refractivity contribution in [3.05, 3.63) is 24.3 Å². The molecule has 1 unspecified atom stereocenters. The number of hydrogen-bond donors (Lipinski definition) is 2. The molecule has 16 heavy (non-hydrogen) atoms. The number of benzene rings is 1. The van der Waals surface area contributed by atoms with Crippen molar-refractivity contribution in [1.82, 2.24) is 0 Å². The highest BCUT2D eigenvalue weighted by molar-refractivity contribution is 7.92. The van der Waals surface area contributed by atoms with E-state index in [1.54, 1.807) is 6.07 Å². The monoisotopic (exact) mass is 240 g/mol. The second kappa shape index (κ2) is 4.33. The average Bonchev–Trinajstić information content (AvgIpc) is 2.57. The number of nitrogens with two attached hydrogens (primary N) is 1. The number of nitrogen functional groups attached to an aromatic ring is 1. The van der Waals surface area contributed by atoms with Crippen LogP contribution in [-0.2, 0) is 9.84 Å². The Balaban J connectivity index is 2.01. The highest BCUT2D eigenvalue weighted by atomic mass is 32.2. The fourth-order valence-corrected chi connectivity index (χ4v) is 3.73. The molecule has 0 saturated carbocycles. The summed E-state index contributed by atoms with van der Waals surface area (Å²) >= 11 is 0. The Kier molecular flexibility index (Phi) is 3.05. The van der Waals surface area contributed by atoms with Crippen LogP contribution in [0.4, 0.5) is 11.4 Å². The number of hydrogen-bond acceptors (Lipinski definition) is 4. The summed E-state index contributed by atoms with van der Waals surface area (Å²) in [4.78, 5) is 0. The Morgan fingerprint density at radius 3 is 2.75 bits per heavy atom. The number of anilines is 2. The van der Waals surface area contributed by atoms with Gasteiger partial charge in [-0.3, -0.25) is 0 Å². The summed E-state index contributed by atoms with van der Waals surface area (Å²) in [5.41, 5.74) is 7.22. The van der Waals surface area contributed by atoms with E-state index in [1.165, 1.54) is 0 Å². The molecule has 0 aliphatic carbocycles. The summed E-state index contributed by atoms with van der Waals surface area (Å²) in [6, 6.07) is 7.39. The van der Waals surface area contributed by atoms with Gasteiger partial charge in [0.15, 0.2) is 9.84 Å². The van der Waals surface area contributed by atoms with Crippen LogP contribution in [0.3, 0.4) is 0 Å². The van der Waals surface area contributed by atoms with E-state index in [0.29, 0.717) is 18.0 Å². The van der Waals surface area contributed by atoms with Gasteiger partial charge < -0.3 is 11.1 Å². The van der Waals surface area contributed by atoms with E-state index in [4.69, 9.17) is 5.73 Å². The molecule has 2 rings (SSSR count). The molecule has 4 nitrogen and oxygen atoms in total. The SMILES string of the molecule is Nc1ccccc1NCC1CCCS1(=O)=O. The average molecular weight is 240 g/mol. The highest BCUT2D eigenvalue weighted by Crippen LogP contribution is 2.22. The third-order valence-corrected chi connectivity index (χ3v) is 5.22. The van der Waals surface area contributed by atoms with Crippen molar-refractivity contribution < 1.29 is 8.42 Å². The van der Waals surface area contributed by atoms with Crippen LogP contribution in [0.15, 0.2) is 24.3 Å². The molecule has 1 aromatic rings. The van der Waals surface area contributed by atoms with Gasteiger partial charge in [0.2, 0.25) is 0 Å². The predicted octanol–water partition coefficient (Wildman–Crippen LogP) is 1.26. The molecule has 88 valence electrons. The summed E-state index contributed by atoms with van der Waals surface area (Å²) in [5, 5.41) is 2.85. The molecule has 1 fully saturated rings. The highest BCUT2D eigenvalue weighted by Gasteiger charge is 2.30. The zero-order valence-corrected chi connectivity index (χ0v) is 9.83. The minimum Gasteiger partial charge on any atom is -0.397 e. The molecule has 0 radical (unpaired) electrons. The van der Waals surface area contributed by atoms with E-state index < -0.39 is 9.84 Å². The molecule has 1 aliphatic heterocycles. The molecule has 0 aromatic heterocycles. The standard InChI is InChI=1S/C11H16N2O2S/c12-10-5-1-2-6-11(10)13-8-9-4-3-7-16(9,14)15/h1-2,5-6,9,13H,3-4,7-8,12H2. The fourth-order valence-electron chi connectivity index (χ4n) is 1.97. The van der Waals surface area contributed by atoms with E-state index in [0.717, 1.165) is 18.5 Å². The maximum Gasteiger partial charge on any atom is 0.154 e. The van der Waals surface area contributed by atoms with Crippen LogP contribution in [-0.4, -0.2) is 26.0 Å². The van der Waals surface area contributed by atoms with Crippen LogP contribution in [0, 0.1) is 0 Å². The quantitative estimate of drug-likeness (QED) is 0.780. The summed E-state index contributed by atoms with van der Waals surface area (Å²) in [6.45, 7) is 0.455. The van der Waals surface area contributed by atoms with Gasteiger partial charge in [-0.2, -0.15) is 0 Å². The smallest absolute Gasteiger partial charge is 0.154 e. The maximum absolute atomic E-state index is 11.6. The Hall–Kier alpha value is -1.23. The van der Waals surface area contributed by atoms with E-state index in [2.05, 4.69) is 5.32 Å². The molecule has 3 N–H and O–H groups in total. The summed E-state index contributed by atoms with van der Waals surface area (Å²) in [6.07, 6.45) is 1.53. The van der Waals surface area contributed by atoms with Crippen molar-refractivity contribution in [1.29, 1.82) is 0 Å². The van der Waals surface area contributed by atoms with Gasteiger partial charge in [-0.15, -0.1) is 0 Å². The van der Waals surface area contributed by atoms with Gasteiger partial charge in [-0.1, -0.05) is 12.1 Å². The van der Waals surface area contributed by atoms with Gasteiger partial charge in [-0.25, -0.2) is 8.42 Å². The number of sulfone groups is 1. The lowest BCUT2D eigenvalue weighted by Gasteiger charge is -2.13. The van der Waals surface area contributed by atoms with Gasteiger partial charge in [0.25, 0.3) is 0 Å². The summed E-state index contributed by atoms with van der Waals surface area (Å²) < 4.78 is 23.2. The Morgan fingerprint density at radius 2 is 2.12 bits per heavy atom. The lowest BCUT2D eigenvalue weighted by molar-refractivity contribution is 0.591. The first-order valence-electron chi connectivity index (χ1n) is 5.39. The molecule has 1 saturated heterocycles. The topological polar surface area (TPSA) is 72.2 Å². The normalized spacial score (nSPS) is 23.1. The van der Waals surface area contributed by atoms with Crippen LogP contribution in [0.5, 0.6) is 0 Å². The Morgan fingerprint density at radius 1 is 1.38 bits per heavy atom. The van der Waals surface area contributed by atoms with Crippen molar-refractivity contribution in [3.8, 4) is 0 Å². The molecule has 5 heteroatoms. The molecule has 1 heterocycles. The Labute approximate surface area is 95.8 Å². The molecule has 1 aliphatic rings. The molecular formula is C11H16N2O2S. The van der Waals surface area contributed by atoms with Crippen LogP contribution < -0.4 is 11.1 Å². The minimum atomic E-state index is -2.87. The van der Waals surface area contributed by atoms with E-state index in [9.17, 15) is 8.42 Å². The lowest BCUT2D eigenvalue weighted by Crippen LogP contribution is -2.25. The Bertz CT molecular complexity index is 471. The van der Waals surface area contributed by atoms with E-state index in [-0.39, 0.29) is 5.25 Å². The predicted molar refractivity (Wildman–Crippen MR) is 66.2 cm³/mol. The van der Waals surface area contributed by atoms with Crippen LogP contribution in [0.2, 0.25) is 0 Å². The number of para-hydroxylation sites is 2. The third-order valence-electron chi connectivity index (χ3n) is 2.94. The molecule has 0 spiro atoms. The summed E-state index contributed by atoms with van der Waals surface area (Å²) in [7, 11) is -2.87. The van der Waals surface area contributed by atoms with Crippen molar-refractivity contribution in [2.24, 2.45) is 0 Å². The molecule has 0 amide bonds. The van der Waals surface area contributed by atoms with Crippen LogP contribution in [0.25, 0.3) is 0 Å². The van der Waals surface area contributed by atoms with Crippen molar-refractivity contribution in [2.45, 2.75) is 18.1 Å².